The number of aliphatic hydroxyl groups excluding tert-OH is 1. The SMILES string of the molecule is OC(CNCCc1ccncc1)c1ccc(F)cc1F. The van der Waals surface area contributed by atoms with Crippen LogP contribution in [-0.2, 0) is 6.42 Å². The monoisotopic (exact) mass is 278 g/mol. The van der Waals surface area contributed by atoms with E-state index in [9.17, 15) is 13.9 Å². The van der Waals surface area contributed by atoms with Crippen LogP contribution in [0.15, 0.2) is 42.7 Å². The number of benzene rings is 1. The molecule has 2 aromatic rings. The number of hydrogen-bond acceptors (Lipinski definition) is 3. The van der Waals surface area contributed by atoms with Crippen molar-refractivity contribution >= 4 is 0 Å². The van der Waals surface area contributed by atoms with Crippen LogP contribution in [0.4, 0.5) is 8.78 Å². The van der Waals surface area contributed by atoms with E-state index in [1.807, 2.05) is 12.1 Å². The van der Waals surface area contributed by atoms with Crippen molar-refractivity contribution in [3.8, 4) is 0 Å². The summed E-state index contributed by atoms with van der Waals surface area (Å²) in [6.45, 7) is 0.873. The molecule has 2 rings (SSSR count). The largest absolute Gasteiger partial charge is 0.387 e. The van der Waals surface area contributed by atoms with E-state index >= 15 is 0 Å². The summed E-state index contributed by atoms with van der Waals surface area (Å²) in [5.74, 6) is -1.38. The number of pyridine rings is 1. The van der Waals surface area contributed by atoms with Crippen molar-refractivity contribution in [2.45, 2.75) is 12.5 Å². The van der Waals surface area contributed by atoms with E-state index in [0.717, 1.165) is 24.1 Å². The van der Waals surface area contributed by atoms with Crippen LogP contribution in [-0.4, -0.2) is 23.2 Å². The van der Waals surface area contributed by atoms with Gasteiger partial charge in [0.05, 0.1) is 6.10 Å². The van der Waals surface area contributed by atoms with Gasteiger partial charge in [0, 0.05) is 30.6 Å². The van der Waals surface area contributed by atoms with Gasteiger partial charge >= 0.3 is 0 Å². The minimum Gasteiger partial charge on any atom is -0.387 e. The Hall–Kier alpha value is -1.85. The third-order valence-corrected chi connectivity index (χ3v) is 3.00. The van der Waals surface area contributed by atoms with Crippen LogP contribution in [0.3, 0.4) is 0 Å². The van der Waals surface area contributed by atoms with Gasteiger partial charge in [0.1, 0.15) is 11.6 Å². The van der Waals surface area contributed by atoms with E-state index in [2.05, 4.69) is 10.3 Å². The second kappa shape index (κ2) is 7.07. The van der Waals surface area contributed by atoms with E-state index in [4.69, 9.17) is 0 Å². The Kier molecular flexibility index (Phi) is 5.15. The summed E-state index contributed by atoms with van der Waals surface area (Å²) in [7, 11) is 0. The normalized spacial score (nSPS) is 12.3. The molecule has 2 N–H and O–H groups in total. The van der Waals surface area contributed by atoms with Crippen LogP contribution in [0.5, 0.6) is 0 Å². The molecule has 1 heterocycles. The van der Waals surface area contributed by atoms with Gasteiger partial charge in [-0.3, -0.25) is 4.98 Å². The molecule has 1 atom stereocenters. The molecule has 1 unspecified atom stereocenters. The summed E-state index contributed by atoms with van der Waals surface area (Å²) in [4.78, 5) is 3.93. The van der Waals surface area contributed by atoms with E-state index in [-0.39, 0.29) is 12.1 Å². The highest BCUT2D eigenvalue weighted by Crippen LogP contribution is 2.17. The zero-order valence-electron chi connectivity index (χ0n) is 10.9. The van der Waals surface area contributed by atoms with Crippen molar-refractivity contribution in [2.24, 2.45) is 0 Å². The van der Waals surface area contributed by atoms with Crippen molar-refractivity contribution in [2.75, 3.05) is 13.1 Å². The zero-order chi connectivity index (χ0) is 14.4. The summed E-state index contributed by atoms with van der Waals surface area (Å²) >= 11 is 0. The van der Waals surface area contributed by atoms with Crippen LogP contribution >= 0.6 is 0 Å². The topological polar surface area (TPSA) is 45.1 Å². The molecule has 0 spiro atoms. The molecule has 0 bridgehead atoms. The standard InChI is InChI=1S/C15H16F2N2O/c16-12-1-2-13(14(17)9-12)15(20)10-19-8-5-11-3-6-18-7-4-11/h1-4,6-7,9,15,19-20H,5,8,10H2. The molecule has 0 saturated heterocycles. The van der Waals surface area contributed by atoms with E-state index in [1.165, 1.54) is 6.07 Å². The predicted molar refractivity (Wildman–Crippen MR) is 72.1 cm³/mol. The predicted octanol–water partition coefficient (Wildman–Crippen LogP) is 2.23. The summed E-state index contributed by atoms with van der Waals surface area (Å²) in [5, 5.41) is 12.9. The third-order valence-electron chi connectivity index (χ3n) is 3.00. The lowest BCUT2D eigenvalue weighted by atomic mass is 10.1. The molecular weight excluding hydrogens is 262 g/mol. The maximum atomic E-state index is 13.4. The Bertz CT molecular complexity index is 549. The average molecular weight is 278 g/mol. The first kappa shape index (κ1) is 14.6. The van der Waals surface area contributed by atoms with Gasteiger partial charge in [-0.1, -0.05) is 6.07 Å². The van der Waals surface area contributed by atoms with E-state index in [0.29, 0.717) is 6.54 Å². The quantitative estimate of drug-likeness (QED) is 0.796. The van der Waals surface area contributed by atoms with Crippen molar-refractivity contribution in [1.82, 2.24) is 10.3 Å². The number of aliphatic hydroxyl groups is 1. The molecule has 106 valence electrons. The summed E-state index contributed by atoms with van der Waals surface area (Å²) in [5.41, 5.74) is 1.23. The Labute approximate surface area is 116 Å². The fourth-order valence-electron chi connectivity index (χ4n) is 1.90. The molecule has 5 heteroatoms. The first-order valence-electron chi connectivity index (χ1n) is 6.39. The lowest BCUT2D eigenvalue weighted by Gasteiger charge is -2.13. The van der Waals surface area contributed by atoms with Crippen LogP contribution in [0.2, 0.25) is 0 Å². The van der Waals surface area contributed by atoms with Crippen LogP contribution in [0.1, 0.15) is 17.2 Å². The lowest BCUT2D eigenvalue weighted by Crippen LogP contribution is -2.24. The van der Waals surface area contributed by atoms with Crippen molar-refractivity contribution in [1.29, 1.82) is 0 Å². The van der Waals surface area contributed by atoms with Crippen LogP contribution in [0.25, 0.3) is 0 Å². The van der Waals surface area contributed by atoms with Crippen LogP contribution < -0.4 is 5.32 Å². The minimum absolute atomic E-state index is 0.0998. The number of rotatable bonds is 6. The van der Waals surface area contributed by atoms with E-state index in [1.54, 1.807) is 12.4 Å². The number of halogens is 2. The molecule has 20 heavy (non-hydrogen) atoms. The fraction of sp³-hybridized carbons (Fsp3) is 0.267. The highest BCUT2D eigenvalue weighted by atomic mass is 19.1. The molecule has 0 aliphatic rings. The Morgan fingerprint density at radius 1 is 1.15 bits per heavy atom. The fourth-order valence-corrected chi connectivity index (χ4v) is 1.90. The third kappa shape index (κ3) is 4.08. The van der Waals surface area contributed by atoms with Crippen LogP contribution in [0, 0.1) is 11.6 Å². The molecule has 0 aliphatic carbocycles. The van der Waals surface area contributed by atoms with Crippen molar-refractivity contribution in [3.05, 3.63) is 65.5 Å². The van der Waals surface area contributed by atoms with Gasteiger partial charge in [-0.25, -0.2) is 8.78 Å². The molecule has 3 nitrogen and oxygen atoms in total. The highest BCUT2D eigenvalue weighted by molar-refractivity contribution is 5.21. The van der Waals surface area contributed by atoms with Crippen molar-refractivity contribution in [3.63, 3.8) is 0 Å². The number of nitrogens with zero attached hydrogens (tertiary/aromatic N) is 1. The van der Waals surface area contributed by atoms with Gasteiger partial charge in [-0.15, -0.1) is 0 Å². The molecule has 0 aliphatic heterocycles. The zero-order valence-corrected chi connectivity index (χ0v) is 10.9. The Morgan fingerprint density at radius 2 is 1.90 bits per heavy atom. The number of aromatic nitrogens is 1. The molecular formula is C15H16F2N2O. The highest BCUT2D eigenvalue weighted by Gasteiger charge is 2.12. The summed E-state index contributed by atoms with van der Waals surface area (Å²) in [6, 6.07) is 7.00. The maximum Gasteiger partial charge on any atom is 0.131 e. The molecule has 1 aromatic heterocycles. The van der Waals surface area contributed by atoms with Gasteiger partial charge in [0.15, 0.2) is 0 Å². The summed E-state index contributed by atoms with van der Waals surface area (Å²) in [6.07, 6.45) is 3.24. The van der Waals surface area contributed by atoms with Gasteiger partial charge in [-0.05, 0) is 36.7 Å². The van der Waals surface area contributed by atoms with Gasteiger partial charge in [0.25, 0.3) is 0 Å². The lowest BCUT2D eigenvalue weighted by molar-refractivity contribution is 0.170. The number of hydrogen-bond donors (Lipinski definition) is 2. The minimum atomic E-state index is -0.993. The molecule has 0 saturated carbocycles. The molecule has 0 radical (unpaired) electrons. The second-order valence-electron chi connectivity index (χ2n) is 4.49. The molecule has 0 amide bonds. The Morgan fingerprint density at radius 3 is 2.60 bits per heavy atom. The summed E-state index contributed by atoms with van der Waals surface area (Å²) < 4.78 is 26.2. The first-order chi connectivity index (χ1) is 9.66. The molecule has 1 aromatic carbocycles. The van der Waals surface area contributed by atoms with Gasteiger partial charge < -0.3 is 10.4 Å². The average Bonchev–Trinajstić information content (AvgIpc) is 2.44. The second-order valence-corrected chi connectivity index (χ2v) is 4.49. The smallest absolute Gasteiger partial charge is 0.131 e. The van der Waals surface area contributed by atoms with Gasteiger partial charge in [-0.2, -0.15) is 0 Å². The first-order valence-corrected chi connectivity index (χ1v) is 6.39. The Balaban J connectivity index is 1.79. The van der Waals surface area contributed by atoms with Gasteiger partial charge in [0.2, 0.25) is 0 Å². The van der Waals surface area contributed by atoms with E-state index < -0.39 is 17.7 Å². The number of nitrogens with one attached hydrogen (secondary N) is 1. The van der Waals surface area contributed by atoms with Crippen molar-refractivity contribution < 1.29 is 13.9 Å². The maximum absolute atomic E-state index is 13.4. The molecule has 0 fully saturated rings.